The molecule has 16 heavy (non-hydrogen) atoms. The Kier molecular flexibility index (Phi) is 3.19. The van der Waals surface area contributed by atoms with Crippen LogP contribution < -0.4 is 0 Å². The third kappa shape index (κ3) is 1.82. The second kappa shape index (κ2) is 4.45. The first-order chi connectivity index (χ1) is 7.65. The predicted octanol–water partition coefficient (Wildman–Crippen LogP) is 2.89. The zero-order valence-electron chi connectivity index (χ0n) is 8.61. The maximum Gasteiger partial charge on any atom is 0.132 e. The number of benzene rings is 1. The fourth-order valence-electron chi connectivity index (χ4n) is 1.56. The van der Waals surface area contributed by atoms with E-state index in [0.29, 0.717) is 21.4 Å². The van der Waals surface area contributed by atoms with Crippen molar-refractivity contribution >= 4 is 23.2 Å². The minimum atomic E-state index is -0.159. The molecule has 0 bridgehead atoms. The molecule has 2 rings (SSSR count). The standard InChI is InChI=1S/C11H10Cl2N2O/c1-15-11(13)8(6-16)10(14-15)7-4-2-3-5-9(7)12/h2-5,16H,6H2,1H3. The average Bonchev–Trinajstić information content (AvgIpc) is 2.56. The van der Waals surface area contributed by atoms with Gasteiger partial charge in [0, 0.05) is 18.2 Å². The van der Waals surface area contributed by atoms with E-state index in [2.05, 4.69) is 5.10 Å². The molecule has 0 aliphatic carbocycles. The van der Waals surface area contributed by atoms with Crippen molar-refractivity contribution in [2.24, 2.45) is 7.05 Å². The van der Waals surface area contributed by atoms with E-state index in [-0.39, 0.29) is 6.61 Å². The molecule has 3 nitrogen and oxygen atoms in total. The SMILES string of the molecule is Cn1nc(-c2ccccc2Cl)c(CO)c1Cl. The zero-order chi connectivity index (χ0) is 11.7. The first-order valence-electron chi connectivity index (χ1n) is 4.72. The van der Waals surface area contributed by atoms with Gasteiger partial charge < -0.3 is 5.11 Å². The van der Waals surface area contributed by atoms with E-state index in [1.54, 1.807) is 13.1 Å². The highest BCUT2D eigenvalue weighted by Gasteiger charge is 2.16. The number of aliphatic hydroxyl groups excluding tert-OH is 1. The van der Waals surface area contributed by atoms with E-state index in [1.165, 1.54) is 4.68 Å². The lowest BCUT2D eigenvalue weighted by Crippen LogP contribution is -1.89. The van der Waals surface area contributed by atoms with E-state index in [1.807, 2.05) is 18.2 Å². The highest BCUT2D eigenvalue weighted by molar-refractivity contribution is 6.34. The van der Waals surface area contributed by atoms with Gasteiger partial charge in [0.1, 0.15) is 10.8 Å². The maximum atomic E-state index is 9.28. The number of rotatable bonds is 2. The lowest BCUT2D eigenvalue weighted by Gasteiger charge is -2.02. The Hall–Kier alpha value is -1.03. The van der Waals surface area contributed by atoms with Crippen molar-refractivity contribution in [1.29, 1.82) is 0 Å². The van der Waals surface area contributed by atoms with Gasteiger partial charge in [-0.15, -0.1) is 0 Å². The number of aromatic nitrogens is 2. The van der Waals surface area contributed by atoms with Gasteiger partial charge in [-0.3, -0.25) is 4.68 Å². The van der Waals surface area contributed by atoms with Crippen LogP contribution in [0.4, 0.5) is 0 Å². The van der Waals surface area contributed by atoms with Crippen LogP contribution in [-0.4, -0.2) is 14.9 Å². The molecule has 0 fully saturated rings. The van der Waals surface area contributed by atoms with E-state index in [0.717, 1.165) is 5.56 Å². The molecule has 0 saturated carbocycles. The van der Waals surface area contributed by atoms with Crippen LogP contribution in [0.25, 0.3) is 11.3 Å². The summed E-state index contributed by atoms with van der Waals surface area (Å²) in [6.45, 7) is -0.159. The number of aryl methyl sites for hydroxylation is 1. The molecule has 0 aliphatic rings. The van der Waals surface area contributed by atoms with Crippen LogP contribution in [0.3, 0.4) is 0 Å². The number of aliphatic hydroxyl groups is 1. The van der Waals surface area contributed by atoms with Gasteiger partial charge in [0.2, 0.25) is 0 Å². The first-order valence-corrected chi connectivity index (χ1v) is 5.48. The molecule has 0 radical (unpaired) electrons. The maximum absolute atomic E-state index is 9.28. The Morgan fingerprint density at radius 2 is 2.00 bits per heavy atom. The molecule has 84 valence electrons. The molecule has 5 heteroatoms. The van der Waals surface area contributed by atoms with Gasteiger partial charge >= 0.3 is 0 Å². The predicted molar refractivity (Wildman–Crippen MR) is 64.6 cm³/mol. The van der Waals surface area contributed by atoms with Crippen LogP contribution >= 0.6 is 23.2 Å². The monoisotopic (exact) mass is 256 g/mol. The summed E-state index contributed by atoms with van der Waals surface area (Å²) >= 11 is 12.1. The highest BCUT2D eigenvalue weighted by atomic mass is 35.5. The minimum absolute atomic E-state index is 0.159. The lowest BCUT2D eigenvalue weighted by molar-refractivity contribution is 0.282. The smallest absolute Gasteiger partial charge is 0.132 e. The molecular formula is C11H10Cl2N2O. The normalized spacial score (nSPS) is 10.8. The molecule has 0 atom stereocenters. The van der Waals surface area contributed by atoms with Crippen LogP contribution in [0, 0.1) is 0 Å². The summed E-state index contributed by atoms with van der Waals surface area (Å²) in [5.74, 6) is 0. The summed E-state index contributed by atoms with van der Waals surface area (Å²) in [4.78, 5) is 0. The number of halogens is 2. The summed E-state index contributed by atoms with van der Waals surface area (Å²) in [6, 6.07) is 7.33. The summed E-state index contributed by atoms with van der Waals surface area (Å²) in [7, 11) is 1.72. The molecule has 0 saturated heterocycles. The van der Waals surface area contributed by atoms with Crippen LogP contribution in [-0.2, 0) is 13.7 Å². The molecule has 1 N–H and O–H groups in total. The van der Waals surface area contributed by atoms with Crippen molar-refractivity contribution in [2.45, 2.75) is 6.61 Å². The van der Waals surface area contributed by atoms with Crippen molar-refractivity contribution in [3.63, 3.8) is 0 Å². The largest absolute Gasteiger partial charge is 0.391 e. The Labute approximate surface area is 103 Å². The molecule has 0 amide bonds. The molecule has 1 aromatic carbocycles. The Balaban J connectivity index is 2.65. The van der Waals surface area contributed by atoms with Crippen molar-refractivity contribution in [3.05, 3.63) is 40.0 Å². The quantitative estimate of drug-likeness (QED) is 0.898. The summed E-state index contributed by atoms with van der Waals surface area (Å²) in [5, 5.41) is 14.6. The highest BCUT2D eigenvalue weighted by Crippen LogP contribution is 2.32. The van der Waals surface area contributed by atoms with Gasteiger partial charge in [-0.1, -0.05) is 41.4 Å². The second-order valence-corrected chi connectivity index (χ2v) is 4.14. The van der Waals surface area contributed by atoms with E-state index < -0.39 is 0 Å². The fourth-order valence-corrected chi connectivity index (χ4v) is 1.97. The topological polar surface area (TPSA) is 38.0 Å². The van der Waals surface area contributed by atoms with Crippen molar-refractivity contribution in [3.8, 4) is 11.3 Å². The van der Waals surface area contributed by atoms with Gasteiger partial charge in [0.25, 0.3) is 0 Å². The van der Waals surface area contributed by atoms with Gasteiger partial charge in [-0.05, 0) is 6.07 Å². The lowest BCUT2D eigenvalue weighted by atomic mass is 10.1. The summed E-state index contributed by atoms with van der Waals surface area (Å²) < 4.78 is 1.52. The molecule has 2 aromatic rings. The molecule has 0 aliphatic heterocycles. The molecule has 1 aromatic heterocycles. The van der Waals surface area contributed by atoms with Crippen LogP contribution in [0.15, 0.2) is 24.3 Å². The number of hydrogen-bond acceptors (Lipinski definition) is 2. The minimum Gasteiger partial charge on any atom is -0.391 e. The van der Waals surface area contributed by atoms with Crippen LogP contribution in [0.2, 0.25) is 10.2 Å². The van der Waals surface area contributed by atoms with Gasteiger partial charge in [0.05, 0.1) is 11.6 Å². The number of nitrogens with zero attached hydrogens (tertiary/aromatic N) is 2. The Morgan fingerprint density at radius 1 is 1.31 bits per heavy atom. The summed E-state index contributed by atoms with van der Waals surface area (Å²) in [6.07, 6.45) is 0. The molecule has 1 heterocycles. The van der Waals surface area contributed by atoms with Crippen LogP contribution in [0.1, 0.15) is 5.56 Å². The number of hydrogen-bond donors (Lipinski definition) is 1. The third-order valence-corrected chi connectivity index (χ3v) is 3.16. The Morgan fingerprint density at radius 3 is 2.62 bits per heavy atom. The third-order valence-electron chi connectivity index (χ3n) is 2.36. The molecule has 0 unspecified atom stereocenters. The molecule has 0 spiro atoms. The average molecular weight is 257 g/mol. The van der Waals surface area contributed by atoms with Crippen molar-refractivity contribution < 1.29 is 5.11 Å². The van der Waals surface area contributed by atoms with Crippen LogP contribution in [0.5, 0.6) is 0 Å². The first kappa shape index (κ1) is 11.5. The van der Waals surface area contributed by atoms with Crippen molar-refractivity contribution in [2.75, 3.05) is 0 Å². The fraction of sp³-hybridized carbons (Fsp3) is 0.182. The van der Waals surface area contributed by atoms with Crippen molar-refractivity contribution in [1.82, 2.24) is 9.78 Å². The molecular weight excluding hydrogens is 247 g/mol. The van der Waals surface area contributed by atoms with Gasteiger partial charge in [0.15, 0.2) is 0 Å². The zero-order valence-corrected chi connectivity index (χ0v) is 10.1. The Bertz CT molecular complexity index is 523. The van der Waals surface area contributed by atoms with E-state index in [4.69, 9.17) is 23.2 Å². The second-order valence-electron chi connectivity index (χ2n) is 3.38. The summed E-state index contributed by atoms with van der Waals surface area (Å²) in [5.41, 5.74) is 1.99. The van der Waals surface area contributed by atoms with Gasteiger partial charge in [-0.2, -0.15) is 5.10 Å². The van der Waals surface area contributed by atoms with E-state index in [9.17, 15) is 5.11 Å². The van der Waals surface area contributed by atoms with E-state index >= 15 is 0 Å². The van der Waals surface area contributed by atoms with Gasteiger partial charge in [-0.25, -0.2) is 0 Å².